The molecule has 4 rings (SSSR count). The average molecular weight is 274 g/mol. The van der Waals surface area contributed by atoms with Crippen LogP contribution in [-0.2, 0) is 12.8 Å². The summed E-state index contributed by atoms with van der Waals surface area (Å²) in [6.45, 7) is 0. The summed E-state index contributed by atoms with van der Waals surface area (Å²) in [6, 6.07) is 18.2. The van der Waals surface area contributed by atoms with Crippen LogP contribution in [0.3, 0.4) is 0 Å². The Morgan fingerprint density at radius 3 is 2.52 bits per heavy atom. The zero-order valence-electron chi connectivity index (χ0n) is 11.5. The summed E-state index contributed by atoms with van der Waals surface area (Å²) >= 11 is 0. The summed E-state index contributed by atoms with van der Waals surface area (Å²) < 4.78 is 0. The zero-order valence-corrected chi connectivity index (χ0v) is 11.5. The fourth-order valence-corrected chi connectivity index (χ4v) is 3.05. The molecule has 0 saturated carbocycles. The Hall–Kier alpha value is -2.68. The Morgan fingerprint density at radius 1 is 0.905 bits per heavy atom. The van der Waals surface area contributed by atoms with Crippen molar-refractivity contribution in [3.63, 3.8) is 0 Å². The van der Waals surface area contributed by atoms with Gasteiger partial charge in [-0.15, -0.1) is 0 Å². The summed E-state index contributed by atoms with van der Waals surface area (Å²) in [6.07, 6.45) is 1.89. The number of nitrogens with zero attached hydrogens (tertiary/aromatic N) is 1. The van der Waals surface area contributed by atoms with E-state index in [0.717, 1.165) is 40.9 Å². The van der Waals surface area contributed by atoms with E-state index < -0.39 is 0 Å². The van der Waals surface area contributed by atoms with Gasteiger partial charge < -0.3 is 4.98 Å². The van der Waals surface area contributed by atoms with Gasteiger partial charge >= 0.3 is 5.69 Å². The number of aromatic nitrogens is 2. The highest BCUT2D eigenvalue weighted by Crippen LogP contribution is 2.35. The lowest BCUT2D eigenvalue weighted by molar-refractivity contribution is 0.902. The molecule has 0 unspecified atom stereocenters. The summed E-state index contributed by atoms with van der Waals surface area (Å²) in [5, 5.41) is 0. The molecular formula is C18H14N2O. The number of fused-ring (bicyclic) bond motifs is 3. The Labute approximate surface area is 122 Å². The molecule has 102 valence electrons. The van der Waals surface area contributed by atoms with E-state index in [1.807, 2.05) is 42.5 Å². The van der Waals surface area contributed by atoms with E-state index >= 15 is 0 Å². The number of nitrogens with one attached hydrogen (secondary N) is 1. The van der Waals surface area contributed by atoms with Gasteiger partial charge in [0.2, 0.25) is 0 Å². The van der Waals surface area contributed by atoms with Crippen LogP contribution in [0.1, 0.15) is 11.1 Å². The van der Waals surface area contributed by atoms with Crippen LogP contribution in [0.2, 0.25) is 0 Å². The molecule has 21 heavy (non-hydrogen) atoms. The third kappa shape index (κ3) is 1.98. The maximum absolute atomic E-state index is 12.0. The minimum atomic E-state index is -0.288. The van der Waals surface area contributed by atoms with Gasteiger partial charge in [-0.05, 0) is 18.4 Å². The summed E-state index contributed by atoms with van der Waals surface area (Å²) in [4.78, 5) is 19.1. The van der Waals surface area contributed by atoms with Crippen molar-refractivity contribution in [3.05, 3.63) is 76.2 Å². The van der Waals surface area contributed by atoms with Crippen molar-refractivity contribution < 1.29 is 0 Å². The second-order valence-electron chi connectivity index (χ2n) is 5.27. The van der Waals surface area contributed by atoms with Crippen molar-refractivity contribution in [1.29, 1.82) is 0 Å². The third-order valence-corrected chi connectivity index (χ3v) is 4.01. The Balaban J connectivity index is 2.02. The molecule has 0 radical (unpaired) electrons. The number of benzene rings is 2. The zero-order chi connectivity index (χ0) is 14.2. The van der Waals surface area contributed by atoms with E-state index in [-0.39, 0.29) is 5.69 Å². The van der Waals surface area contributed by atoms with Gasteiger partial charge in [-0.3, -0.25) is 0 Å². The van der Waals surface area contributed by atoms with E-state index in [1.54, 1.807) is 0 Å². The molecule has 1 heterocycles. The molecule has 0 aliphatic heterocycles. The normalized spacial score (nSPS) is 12.6. The predicted molar refractivity (Wildman–Crippen MR) is 83.1 cm³/mol. The van der Waals surface area contributed by atoms with Crippen LogP contribution in [0.5, 0.6) is 0 Å². The first kappa shape index (κ1) is 12.1. The van der Waals surface area contributed by atoms with Gasteiger partial charge in [-0.1, -0.05) is 54.6 Å². The molecule has 3 nitrogen and oxygen atoms in total. The van der Waals surface area contributed by atoms with E-state index in [2.05, 4.69) is 22.1 Å². The lowest BCUT2D eigenvalue weighted by Crippen LogP contribution is -2.18. The Morgan fingerprint density at radius 2 is 1.67 bits per heavy atom. The molecular weight excluding hydrogens is 260 g/mol. The monoisotopic (exact) mass is 274 g/mol. The molecule has 1 N–H and O–H groups in total. The first-order valence-electron chi connectivity index (χ1n) is 7.10. The van der Waals surface area contributed by atoms with Crippen molar-refractivity contribution in [3.8, 4) is 22.5 Å². The van der Waals surface area contributed by atoms with E-state index in [1.165, 1.54) is 5.56 Å². The lowest BCUT2D eigenvalue weighted by Gasteiger charge is -2.21. The highest BCUT2D eigenvalue weighted by molar-refractivity contribution is 5.76. The summed E-state index contributed by atoms with van der Waals surface area (Å²) in [5.74, 6) is 0. The van der Waals surface area contributed by atoms with E-state index in [4.69, 9.17) is 0 Å². The minimum Gasteiger partial charge on any atom is -0.305 e. The van der Waals surface area contributed by atoms with Crippen LogP contribution in [0.4, 0.5) is 0 Å². The van der Waals surface area contributed by atoms with Crippen molar-refractivity contribution in [2.24, 2.45) is 0 Å². The van der Waals surface area contributed by atoms with Crippen LogP contribution >= 0.6 is 0 Å². The van der Waals surface area contributed by atoms with Crippen molar-refractivity contribution in [1.82, 2.24) is 9.97 Å². The number of H-pyrrole nitrogens is 1. The maximum atomic E-state index is 12.0. The summed E-state index contributed by atoms with van der Waals surface area (Å²) in [5.41, 5.74) is 5.99. The van der Waals surface area contributed by atoms with E-state index in [0.29, 0.717) is 0 Å². The first-order valence-corrected chi connectivity index (χ1v) is 7.10. The third-order valence-electron chi connectivity index (χ3n) is 4.01. The molecule has 1 aliphatic rings. The van der Waals surface area contributed by atoms with Crippen LogP contribution in [0, 0.1) is 0 Å². The fourth-order valence-electron chi connectivity index (χ4n) is 3.05. The topological polar surface area (TPSA) is 45.8 Å². The second-order valence-corrected chi connectivity index (χ2v) is 5.27. The fraction of sp³-hybridized carbons (Fsp3) is 0.111. The summed E-state index contributed by atoms with van der Waals surface area (Å²) in [7, 11) is 0. The molecule has 0 atom stereocenters. The highest BCUT2D eigenvalue weighted by Gasteiger charge is 2.21. The molecule has 2 aromatic carbocycles. The largest absolute Gasteiger partial charge is 0.345 e. The van der Waals surface area contributed by atoms with Crippen molar-refractivity contribution in [2.75, 3.05) is 0 Å². The quantitative estimate of drug-likeness (QED) is 0.740. The number of hydrogen-bond acceptors (Lipinski definition) is 2. The van der Waals surface area contributed by atoms with Crippen LogP contribution in [-0.4, -0.2) is 9.97 Å². The smallest absolute Gasteiger partial charge is 0.305 e. The van der Waals surface area contributed by atoms with Crippen molar-refractivity contribution in [2.45, 2.75) is 12.8 Å². The lowest BCUT2D eigenvalue weighted by atomic mass is 9.87. The highest BCUT2D eigenvalue weighted by atomic mass is 16.1. The molecule has 1 aliphatic carbocycles. The van der Waals surface area contributed by atoms with Crippen LogP contribution in [0.25, 0.3) is 22.5 Å². The second kappa shape index (κ2) is 4.70. The van der Waals surface area contributed by atoms with Gasteiger partial charge in [0.15, 0.2) is 0 Å². The van der Waals surface area contributed by atoms with Crippen LogP contribution < -0.4 is 5.69 Å². The molecule has 0 saturated heterocycles. The number of hydrogen-bond donors (Lipinski definition) is 1. The molecule has 0 spiro atoms. The number of aromatic amines is 1. The number of rotatable bonds is 1. The number of aryl methyl sites for hydroxylation is 1. The Bertz CT molecular complexity index is 846. The Kier molecular flexibility index (Phi) is 2.71. The standard InChI is InChI=1S/C18H14N2O/c21-18-19-16(13-7-2-1-3-8-13)15-11-10-12-6-4-5-9-14(12)17(15)20-18/h1-9H,10-11H2,(H,19,20,21). The van der Waals surface area contributed by atoms with Gasteiger partial charge in [0.05, 0.1) is 11.4 Å². The maximum Gasteiger partial charge on any atom is 0.345 e. The van der Waals surface area contributed by atoms with Gasteiger partial charge in [0, 0.05) is 16.7 Å². The molecule has 0 amide bonds. The molecule has 3 heteroatoms. The van der Waals surface area contributed by atoms with Gasteiger partial charge in [0.25, 0.3) is 0 Å². The van der Waals surface area contributed by atoms with Gasteiger partial charge in [0.1, 0.15) is 0 Å². The van der Waals surface area contributed by atoms with Gasteiger partial charge in [-0.2, -0.15) is 4.98 Å². The molecule has 3 aromatic rings. The molecule has 1 aromatic heterocycles. The molecule has 0 bridgehead atoms. The predicted octanol–water partition coefficient (Wildman–Crippen LogP) is 3.20. The first-order chi connectivity index (χ1) is 10.3. The average Bonchev–Trinajstić information content (AvgIpc) is 2.55. The SMILES string of the molecule is O=c1nc(-c2ccccc2)c2c([nH]1)-c1ccccc1CC2. The minimum absolute atomic E-state index is 0.288. The van der Waals surface area contributed by atoms with Gasteiger partial charge in [-0.25, -0.2) is 4.79 Å². The molecule has 0 fully saturated rings. The van der Waals surface area contributed by atoms with Crippen molar-refractivity contribution >= 4 is 0 Å². The van der Waals surface area contributed by atoms with Crippen LogP contribution in [0.15, 0.2) is 59.4 Å². The van der Waals surface area contributed by atoms with E-state index in [9.17, 15) is 4.79 Å².